The second-order valence-corrected chi connectivity index (χ2v) is 3.56. The molecule has 2 aromatic rings. The lowest BCUT2D eigenvalue weighted by molar-refractivity contribution is -0.138. The van der Waals surface area contributed by atoms with Crippen molar-refractivity contribution in [2.24, 2.45) is 0 Å². The molecule has 0 atom stereocenters. The van der Waals surface area contributed by atoms with E-state index in [1.807, 2.05) is 0 Å². The van der Waals surface area contributed by atoms with Gasteiger partial charge in [0.15, 0.2) is 0 Å². The van der Waals surface area contributed by atoms with Gasteiger partial charge in [-0.2, -0.15) is 13.2 Å². The Morgan fingerprint density at radius 3 is 2.18 bits per heavy atom. The molecule has 2 aromatic heterocycles. The van der Waals surface area contributed by atoms with Crippen LogP contribution >= 0.6 is 0 Å². The van der Waals surface area contributed by atoms with Gasteiger partial charge in [0.1, 0.15) is 0 Å². The molecule has 88 valence electrons. The largest absolute Gasteiger partial charge is 0.418 e. The molecule has 0 N–H and O–H groups in total. The van der Waals surface area contributed by atoms with Crippen LogP contribution in [0.2, 0.25) is 0 Å². The van der Waals surface area contributed by atoms with Crippen LogP contribution in [0.25, 0.3) is 11.3 Å². The Balaban J connectivity index is 2.45. The maximum Gasteiger partial charge on any atom is 0.418 e. The summed E-state index contributed by atoms with van der Waals surface area (Å²) in [6, 6.07) is 5.83. The lowest BCUT2D eigenvalue weighted by Gasteiger charge is -2.10. The van der Waals surface area contributed by atoms with E-state index in [1.54, 1.807) is 24.5 Å². The van der Waals surface area contributed by atoms with Crippen LogP contribution in [0.1, 0.15) is 11.3 Å². The Hall–Kier alpha value is -1.91. The van der Waals surface area contributed by atoms with Crippen molar-refractivity contribution in [2.45, 2.75) is 13.1 Å². The van der Waals surface area contributed by atoms with E-state index >= 15 is 0 Å². The standard InChI is InChI=1S/C12H9F3N2/c1-8-10(12(13,14)15)2-3-11(17-8)9-4-6-16-7-5-9/h2-7H,1H3. The molecule has 0 unspecified atom stereocenters. The molecule has 0 radical (unpaired) electrons. The summed E-state index contributed by atoms with van der Waals surface area (Å²) in [5, 5.41) is 0. The highest BCUT2D eigenvalue weighted by atomic mass is 19.4. The number of hydrogen-bond donors (Lipinski definition) is 0. The summed E-state index contributed by atoms with van der Waals surface area (Å²) in [6.45, 7) is 1.35. The average Bonchev–Trinajstić information content (AvgIpc) is 2.28. The summed E-state index contributed by atoms with van der Waals surface area (Å²) in [5.74, 6) is 0. The summed E-state index contributed by atoms with van der Waals surface area (Å²) in [4.78, 5) is 7.80. The first-order valence-electron chi connectivity index (χ1n) is 4.94. The number of pyridine rings is 2. The van der Waals surface area contributed by atoms with Gasteiger partial charge in [-0.05, 0) is 31.2 Å². The molecule has 2 nitrogen and oxygen atoms in total. The Bertz CT molecular complexity index is 521. The highest BCUT2D eigenvalue weighted by molar-refractivity contribution is 5.58. The number of aryl methyl sites for hydroxylation is 1. The van der Waals surface area contributed by atoms with Gasteiger partial charge in [-0.3, -0.25) is 9.97 Å². The van der Waals surface area contributed by atoms with Crippen LogP contribution in [0, 0.1) is 6.92 Å². The van der Waals surface area contributed by atoms with Crippen LogP contribution in [-0.4, -0.2) is 9.97 Å². The highest BCUT2D eigenvalue weighted by Crippen LogP contribution is 2.32. The van der Waals surface area contributed by atoms with Crippen LogP contribution in [0.15, 0.2) is 36.7 Å². The Morgan fingerprint density at radius 2 is 1.65 bits per heavy atom. The van der Waals surface area contributed by atoms with Crippen LogP contribution < -0.4 is 0 Å². The third-order valence-corrected chi connectivity index (χ3v) is 2.37. The summed E-state index contributed by atoms with van der Waals surface area (Å²) in [6.07, 6.45) is -1.21. The minimum absolute atomic E-state index is 0.0215. The first kappa shape index (κ1) is 11.6. The van der Waals surface area contributed by atoms with Gasteiger partial charge in [-0.15, -0.1) is 0 Å². The van der Waals surface area contributed by atoms with Crippen molar-refractivity contribution in [1.29, 1.82) is 0 Å². The third-order valence-electron chi connectivity index (χ3n) is 2.37. The summed E-state index contributed by atoms with van der Waals surface area (Å²) in [5.41, 5.74) is 0.539. The zero-order valence-corrected chi connectivity index (χ0v) is 8.99. The Labute approximate surface area is 96.2 Å². The Morgan fingerprint density at radius 1 is 1.00 bits per heavy atom. The molecule has 0 aromatic carbocycles. The molecule has 0 amide bonds. The number of rotatable bonds is 1. The summed E-state index contributed by atoms with van der Waals surface area (Å²) in [7, 11) is 0. The van der Waals surface area contributed by atoms with Gasteiger partial charge in [0.2, 0.25) is 0 Å². The zero-order valence-electron chi connectivity index (χ0n) is 8.99. The molecule has 5 heteroatoms. The molecule has 17 heavy (non-hydrogen) atoms. The van der Waals surface area contributed by atoms with E-state index in [1.165, 1.54) is 13.0 Å². The first-order chi connectivity index (χ1) is 7.98. The summed E-state index contributed by atoms with van der Waals surface area (Å²) < 4.78 is 37.6. The van der Waals surface area contributed by atoms with Gasteiger partial charge in [0.05, 0.1) is 17.0 Å². The molecule has 0 fully saturated rings. The molecular weight excluding hydrogens is 229 g/mol. The van der Waals surface area contributed by atoms with Crippen molar-refractivity contribution in [3.05, 3.63) is 47.9 Å². The number of nitrogens with zero attached hydrogens (tertiary/aromatic N) is 2. The van der Waals surface area contributed by atoms with Gasteiger partial charge in [-0.25, -0.2) is 0 Å². The fourth-order valence-electron chi connectivity index (χ4n) is 1.54. The van der Waals surface area contributed by atoms with E-state index in [4.69, 9.17) is 0 Å². The quantitative estimate of drug-likeness (QED) is 0.760. The fraction of sp³-hybridized carbons (Fsp3) is 0.167. The topological polar surface area (TPSA) is 25.8 Å². The predicted molar refractivity (Wildman–Crippen MR) is 57.2 cm³/mol. The number of hydrogen-bond acceptors (Lipinski definition) is 2. The molecular formula is C12H9F3N2. The second-order valence-electron chi connectivity index (χ2n) is 3.56. The van der Waals surface area contributed by atoms with E-state index in [9.17, 15) is 13.2 Å². The molecule has 0 spiro atoms. The van der Waals surface area contributed by atoms with E-state index in [0.717, 1.165) is 11.6 Å². The highest BCUT2D eigenvalue weighted by Gasteiger charge is 2.32. The van der Waals surface area contributed by atoms with Gasteiger partial charge in [-0.1, -0.05) is 0 Å². The SMILES string of the molecule is Cc1nc(-c2ccncc2)ccc1C(F)(F)F. The Kier molecular flexibility index (Phi) is 2.83. The smallest absolute Gasteiger partial charge is 0.265 e. The van der Waals surface area contributed by atoms with Crippen molar-refractivity contribution in [3.63, 3.8) is 0 Å². The first-order valence-corrected chi connectivity index (χ1v) is 4.94. The zero-order chi connectivity index (χ0) is 12.5. The van der Waals surface area contributed by atoms with Crippen LogP contribution in [0.5, 0.6) is 0 Å². The van der Waals surface area contributed by atoms with Gasteiger partial charge < -0.3 is 0 Å². The maximum atomic E-state index is 12.5. The number of aromatic nitrogens is 2. The van der Waals surface area contributed by atoms with Gasteiger partial charge >= 0.3 is 6.18 Å². The van der Waals surface area contributed by atoms with Crippen molar-refractivity contribution in [1.82, 2.24) is 9.97 Å². The lowest BCUT2D eigenvalue weighted by atomic mass is 10.1. The van der Waals surface area contributed by atoms with Crippen LogP contribution in [0.3, 0.4) is 0 Å². The minimum Gasteiger partial charge on any atom is -0.265 e. The van der Waals surface area contributed by atoms with E-state index in [2.05, 4.69) is 9.97 Å². The molecule has 0 saturated heterocycles. The van der Waals surface area contributed by atoms with E-state index in [0.29, 0.717) is 5.69 Å². The molecule has 2 heterocycles. The third kappa shape index (κ3) is 2.43. The molecule has 0 aliphatic carbocycles. The number of halogens is 3. The van der Waals surface area contributed by atoms with Crippen molar-refractivity contribution < 1.29 is 13.2 Å². The average molecular weight is 238 g/mol. The minimum atomic E-state index is -4.35. The lowest BCUT2D eigenvalue weighted by Crippen LogP contribution is -2.08. The molecule has 0 bridgehead atoms. The predicted octanol–water partition coefficient (Wildman–Crippen LogP) is 3.47. The van der Waals surface area contributed by atoms with Crippen LogP contribution in [-0.2, 0) is 6.18 Å². The van der Waals surface area contributed by atoms with Crippen molar-refractivity contribution >= 4 is 0 Å². The molecule has 2 rings (SSSR count). The van der Waals surface area contributed by atoms with Crippen LogP contribution in [0.4, 0.5) is 13.2 Å². The molecule has 0 aliphatic rings. The van der Waals surface area contributed by atoms with E-state index in [-0.39, 0.29) is 5.69 Å². The fourth-order valence-corrected chi connectivity index (χ4v) is 1.54. The van der Waals surface area contributed by atoms with Gasteiger partial charge in [0, 0.05) is 18.0 Å². The monoisotopic (exact) mass is 238 g/mol. The van der Waals surface area contributed by atoms with Gasteiger partial charge in [0.25, 0.3) is 0 Å². The maximum absolute atomic E-state index is 12.5. The van der Waals surface area contributed by atoms with E-state index < -0.39 is 11.7 Å². The second kappa shape index (κ2) is 4.16. The summed E-state index contributed by atoms with van der Waals surface area (Å²) >= 11 is 0. The van der Waals surface area contributed by atoms with Crippen molar-refractivity contribution in [2.75, 3.05) is 0 Å². The molecule has 0 aliphatic heterocycles. The number of alkyl halides is 3. The van der Waals surface area contributed by atoms with Crippen molar-refractivity contribution in [3.8, 4) is 11.3 Å². The normalized spacial score (nSPS) is 11.5. The molecule has 0 saturated carbocycles.